The van der Waals surface area contributed by atoms with Crippen LogP contribution >= 0.6 is 0 Å². The third kappa shape index (κ3) is 5.02. The van der Waals surface area contributed by atoms with Gasteiger partial charge in [-0.15, -0.1) is 13.2 Å². The summed E-state index contributed by atoms with van der Waals surface area (Å²) in [4.78, 5) is 25.6. The van der Waals surface area contributed by atoms with Gasteiger partial charge >= 0.3 is 24.3 Å². The van der Waals surface area contributed by atoms with Crippen molar-refractivity contribution < 1.29 is 37.1 Å². The zero-order chi connectivity index (χ0) is 20.3. The predicted octanol–water partition coefficient (Wildman–Crippen LogP) is 2.38. The molecule has 1 aromatic carbocycles. The number of nitrogens with zero attached hydrogens (tertiary/aromatic N) is 3. The topological polar surface area (TPSA) is 118 Å². The summed E-state index contributed by atoms with van der Waals surface area (Å²) in [5, 5.41) is 13.2. The summed E-state index contributed by atoms with van der Waals surface area (Å²) < 4.78 is 51.7. The van der Waals surface area contributed by atoms with Crippen LogP contribution in [0.4, 0.5) is 23.8 Å². The minimum atomic E-state index is -4.78. The number of imidazole rings is 1. The van der Waals surface area contributed by atoms with Gasteiger partial charge in [0.2, 0.25) is 0 Å². The molecule has 150 valence electrons. The van der Waals surface area contributed by atoms with Crippen LogP contribution in [0.25, 0.3) is 0 Å². The molecule has 0 radical (unpaired) electrons. The van der Waals surface area contributed by atoms with E-state index in [1.54, 1.807) is 0 Å². The van der Waals surface area contributed by atoms with E-state index >= 15 is 0 Å². The molecular weight excluding hydrogens is 389 g/mol. The Labute approximate surface area is 155 Å². The highest BCUT2D eigenvalue weighted by atomic mass is 19.4. The Kier molecular flexibility index (Phi) is 5.24. The van der Waals surface area contributed by atoms with Crippen LogP contribution in [0.5, 0.6) is 11.8 Å². The highest BCUT2D eigenvalue weighted by molar-refractivity contribution is 5.67. The minimum absolute atomic E-state index is 0.0484. The highest BCUT2D eigenvalue weighted by Gasteiger charge is 2.31. The van der Waals surface area contributed by atoms with E-state index in [0.29, 0.717) is 5.56 Å². The van der Waals surface area contributed by atoms with Crippen molar-refractivity contribution in [3.05, 3.63) is 46.1 Å². The number of hydrogen-bond acceptors (Lipinski definition) is 7. The van der Waals surface area contributed by atoms with Crippen molar-refractivity contribution in [3.63, 3.8) is 0 Å². The molecule has 2 heterocycles. The quantitative estimate of drug-likeness (QED) is 0.603. The lowest BCUT2D eigenvalue weighted by Gasteiger charge is -2.22. The zero-order valence-corrected chi connectivity index (χ0v) is 14.0. The molecule has 1 amide bonds. The van der Waals surface area contributed by atoms with E-state index in [1.807, 2.05) is 0 Å². The average Bonchev–Trinajstić information content (AvgIpc) is 3.03. The molecule has 0 unspecified atom stereocenters. The summed E-state index contributed by atoms with van der Waals surface area (Å²) in [6.45, 7) is 0.0784. The number of rotatable bonds is 5. The molecule has 0 spiro atoms. The second-order valence-corrected chi connectivity index (χ2v) is 5.71. The molecule has 0 saturated heterocycles. The van der Waals surface area contributed by atoms with Crippen LogP contribution < -0.4 is 14.8 Å². The van der Waals surface area contributed by atoms with Gasteiger partial charge < -0.3 is 29.6 Å². The lowest BCUT2D eigenvalue weighted by molar-refractivity contribution is -0.389. The Bertz CT molecular complexity index is 868. The number of benzene rings is 1. The Morgan fingerprint density at radius 3 is 2.75 bits per heavy atom. The average molecular weight is 402 g/mol. The van der Waals surface area contributed by atoms with E-state index in [1.165, 1.54) is 22.9 Å². The summed E-state index contributed by atoms with van der Waals surface area (Å²) in [5.74, 6) is -0.749. The molecule has 0 fully saturated rings. The maximum Gasteiger partial charge on any atom is 0.573 e. The van der Waals surface area contributed by atoms with E-state index < -0.39 is 23.4 Å². The second kappa shape index (κ2) is 7.62. The van der Waals surface area contributed by atoms with Gasteiger partial charge in [-0.1, -0.05) is 12.1 Å². The SMILES string of the molecule is O=C(N[C@@H]1COc2nc([N+](=O)[O-])cn2C1)OCc1ccc(OC(F)(F)F)cc1. The van der Waals surface area contributed by atoms with Crippen molar-refractivity contribution in [1.29, 1.82) is 0 Å². The molecule has 1 atom stereocenters. The van der Waals surface area contributed by atoms with Crippen LogP contribution in [0.3, 0.4) is 0 Å². The predicted molar refractivity (Wildman–Crippen MR) is 84.6 cm³/mol. The number of nitrogens with one attached hydrogen (secondary N) is 1. The molecule has 10 nitrogen and oxygen atoms in total. The van der Waals surface area contributed by atoms with E-state index in [9.17, 15) is 28.1 Å². The lowest BCUT2D eigenvalue weighted by atomic mass is 10.2. The summed E-state index contributed by atoms with van der Waals surface area (Å²) in [6.07, 6.45) is -4.36. The molecule has 28 heavy (non-hydrogen) atoms. The molecule has 0 bridgehead atoms. The first-order valence-electron chi connectivity index (χ1n) is 7.82. The fourth-order valence-corrected chi connectivity index (χ4v) is 2.42. The van der Waals surface area contributed by atoms with Gasteiger partial charge in [0.25, 0.3) is 0 Å². The van der Waals surface area contributed by atoms with Crippen molar-refractivity contribution in [2.45, 2.75) is 25.6 Å². The maximum atomic E-state index is 12.1. The summed E-state index contributed by atoms with van der Waals surface area (Å²) >= 11 is 0. The lowest BCUT2D eigenvalue weighted by Crippen LogP contribution is -2.44. The largest absolute Gasteiger partial charge is 0.573 e. The smallest absolute Gasteiger partial charge is 0.445 e. The third-order valence-electron chi connectivity index (χ3n) is 3.59. The monoisotopic (exact) mass is 402 g/mol. The number of carbonyl (C=O) groups is 1. The number of carbonyl (C=O) groups excluding carboxylic acids is 1. The van der Waals surface area contributed by atoms with Gasteiger partial charge in [0, 0.05) is 4.98 Å². The van der Waals surface area contributed by atoms with Crippen molar-refractivity contribution in [2.75, 3.05) is 6.61 Å². The summed E-state index contributed by atoms with van der Waals surface area (Å²) in [7, 11) is 0. The zero-order valence-electron chi connectivity index (χ0n) is 14.0. The van der Waals surface area contributed by atoms with Crippen LogP contribution in [0, 0.1) is 10.1 Å². The minimum Gasteiger partial charge on any atom is -0.445 e. The number of alkyl carbamates (subject to hydrolysis) is 1. The molecular formula is C15H13F3N4O6. The molecule has 1 aliphatic heterocycles. The van der Waals surface area contributed by atoms with E-state index in [0.717, 1.165) is 12.1 Å². The number of aromatic nitrogens is 2. The Morgan fingerprint density at radius 1 is 1.39 bits per heavy atom. The third-order valence-corrected chi connectivity index (χ3v) is 3.59. The maximum absolute atomic E-state index is 12.1. The standard InChI is InChI=1S/C15H13F3N4O6/c16-15(17,18)28-11-3-1-9(2-4-11)7-27-14(23)19-10-5-21-6-12(22(24)25)20-13(21)26-8-10/h1-4,6,10H,5,7-8H2,(H,19,23)/t10-/m0/s1. The Balaban J connectivity index is 1.47. The van der Waals surface area contributed by atoms with Gasteiger partial charge in [-0.2, -0.15) is 0 Å². The second-order valence-electron chi connectivity index (χ2n) is 5.71. The van der Waals surface area contributed by atoms with Crippen LogP contribution in [0.1, 0.15) is 5.56 Å². The van der Waals surface area contributed by atoms with Gasteiger partial charge in [0.05, 0.1) is 12.6 Å². The number of halogens is 3. The first-order valence-corrected chi connectivity index (χ1v) is 7.82. The first kappa shape index (κ1) is 19.3. The summed E-state index contributed by atoms with van der Waals surface area (Å²) in [5.41, 5.74) is 0.456. The van der Waals surface area contributed by atoms with Crippen LogP contribution in [-0.2, 0) is 17.9 Å². The molecule has 13 heteroatoms. The first-order chi connectivity index (χ1) is 13.2. The van der Waals surface area contributed by atoms with Gasteiger partial charge in [-0.25, -0.2) is 4.79 Å². The van der Waals surface area contributed by atoms with Crippen molar-refractivity contribution >= 4 is 11.9 Å². The number of alkyl halides is 3. The molecule has 0 saturated carbocycles. The number of hydrogen-bond donors (Lipinski definition) is 1. The van der Waals surface area contributed by atoms with Gasteiger partial charge in [0.1, 0.15) is 25.2 Å². The van der Waals surface area contributed by atoms with Crippen molar-refractivity contribution in [3.8, 4) is 11.8 Å². The normalized spacial score (nSPS) is 15.9. The van der Waals surface area contributed by atoms with Crippen LogP contribution in [0.15, 0.2) is 30.5 Å². The fourth-order valence-electron chi connectivity index (χ4n) is 2.42. The number of amides is 1. The number of fused-ring (bicyclic) bond motifs is 1. The van der Waals surface area contributed by atoms with Gasteiger partial charge in [-0.05, 0) is 22.6 Å². The van der Waals surface area contributed by atoms with E-state index in [4.69, 9.17) is 9.47 Å². The van der Waals surface area contributed by atoms with Crippen molar-refractivity contribution in [1.82, 2.24) is 14.9 Å². The Morgan fingerprint density at radius 2 is 2.11 bits per heavy atom. The molecule has 2 aromatic rings. The number of nitro groups is 1. The molecule has 0 aliphatic carbocycles. The Hall–Kier alpha value is -3.51. The van der Waals surface area contributed by atoms with Gasteiger partial charge in [-0.3, -0.25) is 4.57 Å². The highest BCUT2D eigenvalue weighted by Crippen LogP contribution is 2.23. The molecule has 1 N–H and O–H groups in total. The molecule has 1 aromatic heterocycles. The molecule has 3 rings (SSSR count). The van der Waals surface area contributed by atoms with Crippen LogP contribution in [0.2, 0.25) is 0 Å². The summed E-state index contributed by atoms with van der Waals surface area (Å²) in [6, 6.07) is 4.44. The van der Waals surface area contributed by atoms with Crippen molar-refractivity contribution in [2.24, 2.45) is 0 Å². The molecule has 1 aliphatic rings. The van der Waals surface area contributed by atoms with E-state index in [-0.39, 0.29) is 37.3 Å². The fraction of sp³-hybridized carbons (Fsp3) is 0.333. The number of ether oxygens (including phenoxy) is 3. The van der Waals surface area contributed by atoms with Crippen LogP contribution in [-0.4, -0.2) is 39.6 Å². The van der Waals surface area contributed by atoms with E-state index in [2.05, 4.69) is 15.0 Å². The van der Waals surface area contributed by atoms with Gasteiger partial charge in [0.15, 0.2) is 0 Å².